The van der Waals surface area contributed by atoms with Gasteiger partial charge in [-0.2, -0.15) is 0 Å². The van der Waals surface area contributed by atoms with E-state index in [0.717, 1.165) is 5.57 Å². The summed E-state index contributed by atoms with van der Waals surface area (Å²) in [6.07, 6.45) is 0. The number of hydrogen-bond acceptors (Lipinski definition) is 1. The molecule has 0 aromatic rings. The van der Waals surface area contributed by atoms with Crippen LogP contribution in [-0.4, -0.2) is 14.7 Å². The zero-order valence-corrected chi connectivity index (χ0v) is 8.05. The molecule has 1 nitrogen and oxygen atoms in total. The van der Waals surface area contributed by atoms with E-state index in [2.05, 4.69) is 6.58 Å². The molecule has 0 radical (unpaired) electrons. The molecule has 0 amide bonds. The van der Waals surface area contributed by atoms with E-state index < -0.39 is 10.8 Å². The highest BCUT2D eigenvalue weighted by molar-refractivity contribution is 7.86. The minimum Gasteiger partial charge on any atom is -0.259 e. The summed E-state index contributed by atoms with van der Waals surface area (Å²) >= 11 is 0. The molecule has 0 aromatic carbocycles. The van der Waals surface area contributed by atoms with Gasteiger partial charge < -0.3 is 0 Å². The molecule has 0 aromatic heterocycles. The van der Waals surface area contributed by atoms with Crippen molar-refractivity contribution in [3.8, 4) is 0 Å². The molecule has 0 saturated carbocycles. The third-order valence-corrected chi connectivity index (χ3v) is 3.18. The molecule has 0 bridgehead atoms. The van der Waals surface area contributed by atoms with Gasteiger partial charge in [-0.15, -0.1) is 0 Å². The van der Waals surface area contributed by atoms with Gasteiger partial charge >= 0.3 is 0 Å². The normalized spacial score (nSPS) is 14.8. The van der Waals surface area contributed by atoms with Crippen LogP contribution in [0, 0.1) is 0 Å². The molecule has 0 spiro atoms. The highest BCUT2D eigenvalue weighted by Gasteiger charge is 2.18. The molecule has 2 heteroatoms. The Hall–Kier alpha value is -0.110. The first-order valence-corrected chi connectivity index (χ1v) is 4.69. The van der Waals surface area contributed by atoms with Crippen molar-refractivity contribution >= 4 is 10.8 Å². The Morgan fingerprint density at radius 1 is 1.50 bits per heavy atom. The number of hydrogen-bond donors (Lipinski definition) is 0. The van der Waals surface area contributed by atoms with Crippen molar-refractivity contribution in [2.45, 2.75) is 32.4 Å². The van der Waals surface area contributed by atoms with Crippen LogP contribution in [0.3, 0.4) is 0 Å². The van der Waals surface area contributed by atoms with Crippen molar-refractivity contribution in [2.75, 3.05) is 5.75 Å². The van der Waals surface area contributed by atoms with Crippen molar-refractivity contribution in [1.29, 1.82) is 0 Å². The van der Waals surface area contributed by atoms with Crippen LogP contribution in [0.5, 0.6) is 0 Å². The highest BCUT2D eigenvalue weighted by atomic mass is 32.2. The average molecular weight is 160 g/mol. The van der Waals surface area contributed by atoms with Gasteiger partial charge in [0.05, 0.1) is 0 Å². The Morgan fingerprint density at radius 3 is 2.00 bits per heavy atom. The highest BCUT2D eigenvalue weighted by Crippen LogP contribution is 2.12. The van der Waals surface area contributed by atoms with E-state index >= 15 is 0 Å². The first-order chi connectivity index (χ1) is 4.34. The molecule has 0 N–H and O–H groups in total. The average Bonchev–Trinajstić information content (AvgIpc) is 1.60. The lowest BCUT2D eigenvalue weighted by atomic mass is 10.3. The van der Waals surface area contributed by atoms with E-state index in [1.807, 2.05) is 27.7 Å². The fourth-order valence-corrected chi connectivity index (χ4v) is 1.32. The van der Waals surface area contributed by atoms with E-state index in [-0.39, 0.29) is 4.75 Å². The lowest BCUT2D eigenvalue weighted by Gasteiger charge is -2.17. The van der Waals surface area contributed by atoms with Crippen molar-refractivity contribution in [2.24, 2.45) is 0 Å². The third-order valence-electron chi connectivity index (χ3n) is 1.06. The first-order valence-electron chi connectivity index (χ1n) is 3.37. The van der Waals surface area contributed by atoms with Gasteiger partial charge in [0, 0.05) is 21.3 Å². The van der Waals surface area contributed by atoms with Gasteiger partial charge in [0.2, 0.25) is 0 Å². The molecule has 1 unspecified atom stereocenters. The second-order valence-electron chi connectivity index (χ2n) is 3.56. The summed E-state index contributed by atoms with van der Waals surface area (Å²) in [5.74, 6) is 0.628. The molecule has 0 fully saturated rings. The summed E-state index contributed by atoms with van der Waals surface area (Å²) in [7, 11) is -0.767. The molecule has 1 atom stereocenters. The van der Waals surface area contributed by atoms with Gasteiger partial charge in [-0.3, -0.25) is 4.21 Å². The third kappa shape index (κ3) is 3.83. The molecular weight excluding hydrogens is 144 g/mol. The van der Waals surface area contributed by atoms with Crippen LogP contribution >= 0.6 is 0 Å². The van der Waals surface area contributed by atoms with Crippen molar-refractivity contribution in [1.82, 2.24) is 0 Å². The van der Waals surface area contributed by atoms with Crippen LogP contribution in [-0.2, 0) is 10.8 Å². The minimum atomic E-state index is -0.767. The van der Waals surface area contributed by atoms with Crippen molar-refractivity contribution < 1.29 is 4.21 Å². The van der Waals surface area contributed by atoms with Gasteiger partial charge in [0.25, 0.3) is 0 Å². The predicted molar refractivity (Wildman–Crippen MR) is 47.6 cm³/mol. The largest absolute Gasteiger partial charge is 0.259 e. The van der Waals surface area contributed by atoms with E-state index in [0.29, 0.717) is 5.75 Å². The van der Waals surface area contributed by atoms with Gasteiger partial charge in [-0.25, -0.2) is 0 Å². The summed E-state index contributed by atoms with van der Waals surface area (Å²) in [6.45, 7) is 11.6. The summed E-state index contributed by atoms with van der Waals surface area (Å²) in [5, 5.41) is 0. The van der Waals surface area contributed by atoms with E-state index in [1.54, 1.807) is 0 Å². The molecule has 0 saturated heterocycles. The smallest absolute Gasteiger partial charge is 0.0444 e. The molecule has 0 heterocycles. The zero-order chi connectivity index (χ0) is 8.36. The number of rotatable bonds is 2. The van der Waals surface area contributed by atoms with Crippen LogP contribution in [0.1, 0.15) is 27.7 Å². The Labute approximate surface area is 66.0 Å². The van der Waals surface area contributed by atoms with Gasteiger partial charge in [0.15, 0.2) is 0 Å². The van der Waals surface area contributed by atoms with E-state index in [4.69, 9.17) is 0 Å². The lowest BCUT2D eigenvalue weighted by Crippen LogP contribution is -2.24. The fourth-order valence-electron chi connectivity index (χ4n) is 0.440. The Balaban J connectivity index is 3.99. The molecule has 0 aliphatic rings. The second-order valence-corrected chi connectivity index (χ2v) is 5.76. The van der Waals surface area contributed by atoms with Crippen LogP contribution < -0.4 is 0 Å². The quantitative estimate of drug-likeness (QED) is 0.565. The summed E-state index contributed by atoms with van der Waals surface area (Å²) < 4.78 is 11.2. The molecule has 0 aliphatic carbocycles. The van der Waals surface area contributed by atoms with Crippen LogP contribution in [0.25, 0.3) is 0 Å². The summed E-state index contributed by atoms with van der Waals surface area (Å²) in [5.41, 5.74) is 0.994. The predicted octanol–water partition coefficient (Wildman–Crippen LogP) is 2.11. The molecule has 0 aliphatic heterocycles. The molecule has 0 rings (SSSR count). The van der Waals surface area contributed by atoms with Crippen molar-refractivity contribution in [3.05, 3.63) is 12.2 Å². The monoisotopic (exact) mass is 160 g/mol. The van der Waals surface area contributed by atoms with Gasteiger partial charge in [-0.1, -0.05) is 12.2 Å². The van der Waals surface area contributed by atoms with E-state index in [1.165, 1.54) is 0 Å². The summed E-state index contributed by atoms with van der Waals surface area (Å²) in [4.78, 5) is 0. The Morgan fingerprint density at radius 2 is 1.90 bits per heavy atom. The maximum Gasteiger partial charge on any atom is 0.0444 e. The van der Waals surface area contributed by atoms with Crippen LogP contribution in [0.15, 0.2) is 12.2 Å². The maximum absolute atomic E-state index is 11.3. The topological polar surface area (TPSA) is 17.1 Å². The van der Waals surface area contributed by atoms with Gasteiger partial charge in [0.1, 0.15) is 0 Å². The molecule has 60 valence electrons. The van der Waals surface area contributed by atoms with Crippen LogP contribution in [0.4, 0.5) is 0 Å². The van der Waals surface area contributed by atoms with Crippen molar-refractivity contribution in [3.63, 3.8) is 0 Å². The Kier molecular flexibility index (Phi) is 3.29. The SMILES string of the molecule is C=C(C)CS(=O)C(C)(C)C. The lowest BCUT2D eigenvalue weighted by molar-refractivity contribution is 0.650. The first kappa shape index (κ1) is 9.89. The Bertz CT molecular complexity index is 153. The fraction of sp³-hybridized carbons (Fsp3) is 0.750. The van der Waals surface area contributed by atoms with Gasteiger partial charge in [-0.05, 0) is 27.7 Å². The molecule has 10 heavy (non-hydrogen) atoms. The minimum absolute atomic E-state index is 0.0983. The maximum atomic E-state index is 11.3. The zero-order valence-electron chi connectivity index (χ0n) is 7.23. The standard InChI is InChI=1S/C8H16OS/c1-7(2)6-10(9)8(3,4)5/h1,6H2,2-5H3. The molecular formula is C8H16OS. The summed E-state index contributed by atoms with van der Waals surface area (Å²) in [6, 6.07) is 0. The van der Waals surface area contributed by atoms with E-state index in [9.17, 15) is 4.21 Å². The van der Waals surface area contributed by atoms with Crippen LogP contribution in [0.2, 0.25) is 0 Å². The second kappa shape index (κ2) is 3.33.